The molecule has 0 bridgehead atoms. The predicted molar refractivity (Wildman–Crippen MR) is 63.9 cm³/mol. The molecule has 2 amide bonds. The number of nitrogens with one attached hydrogen (secondary N) is 2. The molecular weight excluding hydrogens is 238 g/mol. The highest BCUT2D eigenvalue weighted by Crippen LogP contribution is 2.09. The molecule has 18 heavy (non-hydrogen) atoms. The number of hydrogen-bond acceptors (Lipinski definition) is 4. The van der Waals surface area contributed by atoms with E-state index in [1.54, 1.807) is 4.90 Å². The number of piperazine rings is 1. The summed E-state index contributed by atoms with van der Waals surface area (Å²) in [5.74, 6) is -1.38. The molecule has 1 rings (SSSR count). The van der Waals surface area contributed by atoms with Gasteiger partial charge in [0.2, 0.25) is 11.8 Å². The van der Waals surface area contributed by atoms with E-state index in [1.165, 1.54) is 0 Å². The molecule has 1 atom stereocenters. The number of carboxylic acid groups (broad SMARTS) is 1. The summed E-state index contributed by atoms with van der Waals surface area (Å²) in [4.78, 5) is 35.4. The van der Waals surface area contributed by atoms with Crippen molar-refractivity contribution in [3.63, 3.8) is 0 Å². The maximum Gasteiger partial charge on any atom is 0.305 e. The molecule has 0 aromatic rings. The first-order chi connectivity index (χ1) is 8.54. The number of hydrogen-bond donors (Lipinski definition) is 3. The highest BCUT2D eigenvalue weighted by atomic mass is 16.4. The zero-order valence-electron chi connectivity index (χ0n) is 10.4. The Kier molecular flexibility index (Phi) is 5.57. The van der Waals surface area contributed by atoms with Gasteiger partial charge >= 0.3 is 5.97 Å². The average Bonchev–Trinajstić information content (AvgIpc) is 2.30. The fourth-order valence-electron chi connectivity index (χ4n) is 1.95. The molecule has 0 radical (unpaired) electrons. The van der Waals surface area contributed by atoms with Gasteiger partial charge < -0.3 is 15.7 Å². The lowest BCUT2D eigenvalue weighted by atomic mass is 10.1. The largest absolute Gasteiger partial charge is 0.481 e. The van der Waals surface area contributed by atoms with E-state index in [-0.39, 0.29) is 24.7 Å². The van der Waals surface area contributed by atoms with E-state index in [2.05, 4.69) is 10.6 Å². The van der Waals surface area contributed by atoms with Crippen LogP contribution in [0, 0.1) is 0 Å². The van der Waals surface area contributed by atoms with E-state index in [1.807, 2.05) is 6.92 Å². The van der Waals surface area contributed by atoms with Crippen molar-refractivity contribution in [3.8, 4) is 0 Å². The summed E-state index contributed by atoms with van der Waals surface area (Å²) < 4.78 is 0. The standard InChI is InChI=1S/C11H19N3O4/c1-2-12-9(15)3-5-14-6-4-13-11(18)8(14)7-10(16)17/h8H,2-7H2,1H3,(H,12,15)(H,13,18)(H,16,17). The van der Waals surface area contributed by atoms with Crippen LogP contribution in [-0.4, -0.2) is 60.0 Å². The summed E-state index contributed by atoms with van der Waals surface area (Å²) >= 11 is 0. The minimum absolute atomic E-state index is 0.0856. The van der Waals surface area contributed by atoms with Crippen LogP contribution in [0.3, 0.4) is 0 Å². The van der Waals surface area contributed by atoms with Gasteiger partial charge in [-0.1, -0.05) is 0 Å². The number of carbonyl (C=O) groups excluding carboxylic acids is 2. The minimum Gasteiger partial charge on any atom is -0.481 e. The normalized spacial score (nSPS) is 20.3. The second-order valence-corrected chi connectivity index (χ2v) is 4.14. The quantitative estimate of drug-likeness (QED) is 0.554. The van der Waals surface area contributed by atoms with Crippen LogP contribution in [0.2, 0.25) is 0 Å². The summed E-state index contributed by atoms with van der Waals surface area (Å²) in [6.07, 6.45) is 0.0401. The van der Waals surface area contributed by atoms with Crippen LogP contribution < -0.4 is 10.6 Å². The summed E-state index contributed by atoms with van der Waals surface area (Å²) in [7, 11) is 0. The maximum absolute atomic E-state index is 11.6. The summed E-state index contributed by atoms with van der Waals surface area (Å²) in [6.45, 7) is 3.86. The molecular formula is C11H19N3O4. The molecule has 1 aliphatic heterocycles. The van der Waals surface area contributed by atoms with Gasteiger partial charge in [-0.25, -0.2) is 0 Å². The zero-order chi connectivity index (χ0) is 13.5. The van der Waals surface area contributed by atoms with Crippen molar-refractivity contribution in [2.45, 2.75) is 25.8 Å². The van der Waals surface area contributed by atoms with Crippen molar-refractivity contribution in [2.24, 2.45) is 0 Å². The maximum atomic E-state index is 11.6. The molecule has 1 heterocycles. The Morgan fingerprint density at radius 1 is 1.56 bits per heavy atom. The highest BCUT2D eigenvalue weighted by molar-refractivity contribution is 5.86. The topological polar surface area (TPSA) is 98.7 Å². The van der Waals surface area contributed by atoms with Gasteiger partial charge in [-0.05, 0) is 6.92 Å². The van der Waals surface area contributed by atoms with E-state index in [0.717, 1.165) is 0 Å². The van der Waals surface area contributed by atoms with Crippen molar-refractivity contribution < 1.29 is 19.5 Å². The SMILES string of the molecule is CCNC(=O)CCN1CCNC(=O)C1CC(=O)O. The first-order valence-corrected chi connectivity index (χ1v) is 6.04. The summed E-state index contributed by atoms with van der Waals surface area (Å²) in [5.41, 5.74) is 0. The molecule has 0 aromatic carbocycles. The average molecular weight is 257 g/mol. The van der Waals surface area contributed by atoms with E-state index < -0.39 is 12.0 Å². The van der Waals surface area contributed by atoms with Gasteiger partial charge in [0.05, 0.1) is 12.5 Å². The molecule has 0 saturated carbocycles. The third kappa shape index (κ3) is 4.33. The molecule has 0 aromatic heterocycles. The Morgan fingerprint density at radius 2 is 2.28 bits per heavy atom. The number of nitrogens with zero attached hydrogens (tertiary/aromatic N) is 1. The molecule has 1 aliphatic rings. The molecule has 1 saturated heterocycles. The number of amides is 2. The highest BCUT2D eigenvalue weighted by Gasteiger charge is 2.31. The minimum atomic E-state index is -1.01. The summed E-state index contributed by atoms with van der Waals surface area (Å²) in [6, 6.07) is -0.675. The smallest absolute Gasteiger partial charge is 0.305 e. The predicted octanol–water partition coefficient (Wildman–Crippen LogP) is -1.21. The molecule has 3 N–H and O–H groups in total. The number of aliphatic carboxylic acids is 1. The second-order valence-electron chi connectivity index (χ2n) is 4.14. The molecule has 102 valence electrons. The van der Waals surface area contributed by atoms with Gasteiger partial charge in [-0.3, -0.25) is 19.3 Å². The fraction of sp³-hybridized carbons (Fsp3) is 0.727. The zero-order valence-corrected chi connectivity index (χ0v) is 10.4. The number of carbonyl (C=O) groups is 3. The van der Waals surface area contributed by atoms with E-state index >= 15 is 0 Å². The first-order valence-electron chi connectivity index (χ1n) is 6.04. The van der Waals surface area contributed by atoms with Gasteiger partial charge in [-0.15, -0.1) is 0 Å². The van der Waals surface area contributed by atoms with E-state index in [4.69, 9.17) is 5.11 Å². The van der Waals surface area contributed by atoms with Gasteiger partial charge in [0, 0.05) is 32.6 Å². The van der Waals surface area contributed by atoms with E-state index in [0.29, 0.717) is 26.2 Å². The summed E-state index contributed by atoms with van der Waals surface area (Å²) in [5, 5.41) is 14.1. The van der Waals surface area contributed by atoms with Gasteiger partial charge in [0.15, 0.2) is 0 Å². The molecule has 0 aliphatic carbocycles. The Bertz CT molecular complexity index is 332. The van der Waals surface area contributed by atoms with Gasteiger partial charge in [0.1, 0.15) is 0 Å². The van der Waals surface area contributed by atoms with Crippen LogP contribution in [0.4, 0.5) is 0 Å². The molecule has 7 nitrogen and oxygen atoms in total. The van der Waals surface area contributed by atoms with Crippen molar-refractivity contribution in [3.05, 3.63) is 0 Å². The lowest BCUT2D eigenvalue weighted by Gasteiger charge is -2.33. The van der Waals surface area contributed by atoms with Crippen LogP contribution in [-0.2, 0) is 14.4 Å². The van der Waals surface area contributed by atoms with Crippen molar-refractivity contribution in [2.75, 3.05) is 26.2 Å². The monoisotopic (exact) mass is 257 g/mol. The number of carboxylic acids is 1. The van der Waals surface area contributed by atoms with Gasteiger partial charge in [0.25, 0.3) is 0 Å². The molecule has 1 fully saturated rings. The van der Waals surface area contributed by atoms with Crippen molar-refractivity contribution in [1.82, 2.24) is 15.5 Å². The Balaban J connectivity index is 2.51. The molecule has 0 spiro atoms. The number of rotatable bonds is 6. The third-order valence-corrected chi connectivity index (χ3v) is 2.81. The van der Waals surface area contributed by atoms with Gasteiger partial charge in [-0.2, -0.15) is 0 Å². The van der Waals surface area contributed by atoms with Crippen molar-refractivity contribution >= 4 is 17.8 Å². The van der Waals surface area contributed by atoms with Crippen LogP contribution in [0.1, 0.15) is 19.8 Å². The Hall–Kier alpha value is -1.63. The lowest BCUT2D eigenvalue weighted by molar-refractivity contribution is -0.143. The lowest BCUT2D eigenvalue weighted by Crippen LogP contribution is -2.56. The fourth-order valence-corrected chi connectivity index (χ4v) is 1.95. The molecule has 7 heteroatoms. The second kappa shape index (κ2) is 6.95. The Morgan fingerprint density at radius 3 is 2.89 bits per heavy atom. The molecule has 1 unspecified atom stereocenters. The Labute approximate surface area is 106 Å². The van der Waals surface area contributed by atoms with E-state index in [9.17, 15) is 14.4 Å². The van der Waals surface area contributed by atoms with Crippen molar-refractivity contribution in [1.29, 1.82) is 0 Å². The van der Waals surface area contributed by atoms with Crippen LogP contribution in [0.15, 0.2) is 0 Å². The van der Waals surface area contributed by atoms with Crippen LogP contribution in [0.25, 0.3) is 0 Å². The van der Waals surface area contributed by atoms with Crippen LogP contribution >= 0.6 is 0 Å². The first kappa shape index (κ1) is 14.4. The third-order valence-electron chi connectivity index (χ3n) is 2.81. The van der Waals surface area contributed by atoms with Crippen LogP contribution in [0.5, 0.6) is 0 Å².